The molecule has 2 N–H and O–H groups in total. The van der Waals surface area contributed by atoms with Gasteiger partial charge in [0, 0.05) is 54.4 Å². The highest BCUT2D eigenvalue weighted by atomic mass is 32.2. The number of nitrogens with one attached hydrogen (secondary N) is 2. The number of benzene rings is 1. The summed E-state index contributed by atoms with van der Waals surface area (Å²) >= 11 is 0. The van der Waals surface area contributed by atoms with E-state index in [1.807, 2.05) is 24.3 Å². The Balaban J connectivity index is 1.45. The van der Waals surface area contributed by atoms with Crippen LogP contribution in [-0.2, 0) is 16.6 Å². The van der Waals surface area contributed by atoms with Crippen LogP contribution in [0.5, 0.6) is 0 Å². The summed E-state index contributed by atoms with van der Waals surface area (Å²) in [4.78, 5) is 16.0. The second-order valence-electron chi connectivity index (χ2n) is 8.17. The first-order valence-electron chi connectivity index (χ1n) is 10.8. The number of hydrogen-bond acceptors (Lipinski definition) is 6. The molecule has 0 bridgehead atoms. The first-order valence-corrected chi connectivity index (χ1v) is 12.6. The molecule has 10 heteroatoms. The third-order valence-electron chi connectivity index (χ3n) is 5.88. The fraction of sp³-hybridized carbons (Fsp3) is 0.208. The standard InChI is InChI=1S/C24H23FN6O2S/c1-34(32,33)31-10-6-17(7-11-31)22-13-20-23(28-15-29-24(20)30-22)19-12-18(2-3-21(19)25)27-14-16-4-8-26-9-5-16/h2-6,8-9,12-13,15,27H,7,10-11,14H2,1H3,(H,28,29,30). The Morgan fingerprint density at radius 2 is 1.97 bits per heavy atom. The van der Waals surface area contributed by atoms with E-state index in [0.717, 1.165) is 22.5 Å². The molecule has 8 nitrogen and oxygen atoms in total. The number of pyridine rings is 1. The van der Waals surface area contributed by atoms with E-state index in [4.69, 9.17) is 0 Å². The van der Waals surface area contributed by atoms with Crippen LogP contribution in [0.4, 0.5) is 10.1 Å². The third-order valence-corrected chi connectivity index (χ3v) is 7.15. The molecule has 3 aromatic heterocycles. The van der Waals surface area contributed by atoms with Crippen molar-refractivity contribution in [2.45, 2.75) is 13.0 Å². The first kappa shape index (κ1) is 22.2. The molecule has 1 aliphatic rings. The number of fused-ring (bicyclic) bond motifs is 1. The molecule has 1 aromatic carbocycles. The van der Waals surface area contributed by atoms with Gasteiger partial charge >= 0.3 is 0 Å². The summed E-state index contributed by atoms with van der Waals surface area (Å²) in [5.74, 6) is -0.377. The monoisotopic (exact) mass is 478 g/mol. The maximum atomic E-state index is 14.9. The highest BCUT2D eigenvalue weighted by Gasteiger charge is 2.22. The van der Waals surface area contributed by atoms with Gasteiger partial charge in [-0.1, -0.05) is 6.08 Å². The van der Waals surface area contributed by atoms with Gasteiger partial charge in [0.05, 0.1) is 11.9 Å². The highest BCUT2D eigenvalue weighted by molar-refractivity contribution is 7.88. The molecular weight excluding hydrogens is 455 g/mol. The minimum Gasteiger partial charge on any atom is -0.381 e. The van der Waals surface area contributed by atoms with E-state index in [0.29, 0.717) is 48.3 Å². The van der Waals surface area contributed by atoms with Gasteiger partial charge in [0.25, 0.3) is 0 Å². The van der Waals surface area contributed by atoms with Gasteiger partial charge in [-0.25, -0.2) is 22.8 Å². The lowest BCUT2D eigenvalue weighted by molar-refractivity contribution is 0.445. The van der Waals surface area contributed by atoms with Crippen LogP contribution in [0.3, 0.4) is 0 Å². The molecule has 4 aromatic rings. The van der Waals surface area contributed by atoms with Crippen LogP contribution in [0, 0.1) is 5.82 Å². The number of H-pyrrole nitrogens is 1. The van der Waals surface area contributed by atoms with Crippen LogP contribution >= 0.6 is 0 Å². The average Bonchev–Trinajstić information content (AvgIpc) is 3.28. The largest absolute Gasteiger partial charge is 0.381 e. The van der Waals surface area contributed by atoms with Crippen molar-refractivity contribution in [3.8, 4) is 11.3 Å². The van der Waals surface area contributed by atoms with E-state index >= 15 is 0 Å². The highest BCUT2D eigenvalue weighted by Crippen LogP contribution is 2.33. The molecule has 5 rings (SSSR count). The van der Waals surface area contributed by atoms with Crippen molar-refractivity contribution in [3.05, 3.63) is 78.3 Å². The van der Waals surface area contributed by atoms with E-state index in [9.17, 15) is 12.8 Å². The van der Waals surface area contributed by atoms with Crippen molar-refractivity contribution < 1.29 is 12.8 Å². The quantitative estimate of drug-likeness (QED) is 0.437. The maximum Gasteiger partial charge on any atom is 0.211 e. The molecule has 4 heterocycles. The molecule has 0 aliphatic carbocycles. The number of sulfonamides is 1. The van der Waals surface area contributed by atoms with Crippen molar-refractivity contribution >= 4 is 32.3 Å². The summed E-state index contributed by atoms with van der Waals surface area (Å²) in [6.45, 7) is 1.32. The van der Waals surface area contributed by atoms with E-state index in [1.165, 1.54) is 23.0 Å². The molecule has 0 saturated heterocycles. The second-order valence-corrected chi connectivity index (χ2v) is 10.2. The molecule has 34 heavy (non-hydrogen) atoms. The van der Waals surface area contributed by atoms with Crippen molar-refractivity contribution in [2.24, 2.45) is 0 Å². The normalized spacial score (nSPS) is 14.8. The minimum atomic E-state index is -3.22. The maximum absolute atomic E-state index is 14.9. The number of hydrogen-bond donors (Lipinski definition) is 2. The summed E-state index contributed by atoms with van der Waals surface area (Å²) in [6, 6.07) is 10.6. The van der Waals surface area contributed by atoms with Crippen LogP contribution in [0.2, 0.25) is 0 Å². The van der Waals surface area contributed by atoms with Crippen LogP contribution in [0.15, 0.2) is 61.2 Å². The number of aromatic nitrogens is 4. The number of halogens is 1. The van der Waals surface area contributed by atoms with Crippen LogP contribution in [0.25, 0.3) is 27.9 Å². The molecular formula is C24H23FN6O2S. The Morgan fingerprint density at radius 3 is 2.71 bits per heavy atom. The number of rotatable bonds is 6. The zero-order valence-electron chi connectivity index (χ0n) is 18.5. The lowest BCUT2D eigenvalue weighted by atomic mass is 10.0. The Morgan fingerprint density at radius 1 is 1.15 bits per heavy atom. The smallest absolute Gasteiger partial charge is 0.211 e. The molecule has 0 fully saturated rings. The molecule has 0 amide bonds. The third kappa shape index (κ3) is 4.55. The van der Waals surface area contributed by atoms with Crippen LogP contribution in [-0.4, -0.2) is 52.0 Å². The van der Waals surface area contributed by atoms with Gasteiger partial charge in [-0.3, -0.25) is 4.98 Å². The molecule has 0 unspecified atom stereocenters. The summed E-state index contributed by atoms with van der Waals surface area (Å²) in [6.07, 6.45) is 8.56. The van der Waals surface area contributed by atoms with Crippen molar-refractivity contribution in [2.75, 3.05) is 24.7 Å². The predicted octanol–water partition coefficient (Wildman–Crippen LogP) is 3.82. The SMILES string of the molecule is CS(=O)(=O)N1CC=C(c2cc3c(-c4cc(NCc5ccncc5)ccc4F)ncnc3[nH]2)CC1. The zero-order valence-corrected chi connectivity index (χ0v) is 19.3. The molecule has 174 valence electrons. The van der Waals surface area contributed by atoms with Crippen molar-refractivity contribution in [3.63, 3.8) is 0 Å². The van der Waals surface area contributed by atoms with Crippen LogP contribution in [0.1, 0.15) is 17.7 Å². The number of nitrogens with zero attached hydrogens (tertiary/aromatic N) is 4. The van der Waals surface area contributed by atoms with E-state index in [1.54, 1.807) is 24.5 Å². The summed E-state index contributed by atoms with van der Waals surface area (Å²) < 4.78 is 39.9. The van der Waals surface area contributed by atoms with Gasteiger partial charge < -0.3 is 10.3 Å². The number of aromatic amines is 1. The first-order chi connectivity index (χ1) is 16.4. The fourth-order valence-corrected chi connectivity index (χ4v) is 4.81. The van der Waals surface area contributed by atoms with Crippen molar-refractivity contribution in [1.29, 1.82) is 0 Å². The predicted molar refractivity (Wildman–Crippen MR) is 130 cm³/mol. The second kappa shape index (κ2) is 8.96. The van der Waals surface area contributed by atoms with Gasteiger partial charge in [-0.05, 0) is 54.0 Å². The lowest BCUT2D eigenvalue weighted by Gasteiger charge is -2.23. The average molecular weight is 479 g/mol. The molecule has 0 saturated carbocycles. The molecule has 0 radical (unpaired) electrons. The lowest BCUT2D eigenvalue weighted by Crippen LogP contribution is -2.33. The molecule has 0 atom stereocenters. The Kier molecular flexibility index (Phi) is 5.84. The van der Waals surface area contributed by atoms with E-state index in [-0.39, 0.29) is 5.82 Å². The van der Waals surface area contributed by atoms with Crippen LogP contribution < -0.4 is 5.32 Å². The minimum absolute atomic E-state index is 0.321. The van der Waals surface area contributed by atoms with E-state index < -0.39 is 10.0 Å². The van der Waals surface area contributed by atoms with Gasteiger partial charge in [0.15, 0.2) is 0 Å². The van der Waals surface area contributed by atoms with Gasteiger partial charge in [-0.15, -0.1) is 0 Å². The van der Waals surface area contributed by atoms with Gasteiger partial charge in [0.1, 0.15) is 17.8 Å². The van der Waals surface area contributed by atoms with E-state index in [2.05, 4.69) is 25.3 Å². The summed E-state index contributed by atoms with van der Waals surface area (Å²) in [7, 11) is -3.22. The topological polar surface area (TPSA) is 104 Å². The Bertz CT molecular complexity index is 1480. The Hall–Kier alpha value is -3.63. The van der Waals surface area contributed by atoms with Crippen molar-refractivity contribution in [1.82, 2.24) is 24.2 Å². The zero-order chi connectivity index (χ0) is 23.7. The van der Waals surface area contributed by atoms with Gasteiger partial charge in [-0.2, -0.15) is 4.31 Å². The molecule has 1 aliphatic heterocycles. The fourth-order valence-electron chi connectivity index (χ4n) is 4.05. The summed E-state index contributed by atoms with van der Waals surface area (Å²) in [5.41, 5.74) is 5.13. The molecule has 0 spiro atoms. The summed E-state index contributed by atoms with van der Waals surface area (Å²) in [5, 5.41) is 4.01. The van der Waals surface area contributed by atoms with Gasteiger partial charge in [0.2, 0.25) is 10.0 Å². The number of anilines is 1. The Labute approximate surface area is 196 Å².